The van der Waals surface area contributed by atoms with E-state index in [4.69, 9.17) is 14.6 Å². The number of carboxylic acids is 1. The number of ether oxygens (including phenoxy) is 3. The first-order chi connectivity index (χ1) is 18.1. The minimum Gasteiger partial charge on any atom is -0.478 e. The van der Waals surface area contributed by atoms with E-state index in [0.717, 1.165) is 17.7 Å². The van der Waals surface area contributed by atoms with Gasteiger partial charge in [-0.25, -0.2) is 9.78 Å². The lowest BCUT2D eigenvalue weighted by Gasteiger charge is -2.16. The average Bonchev–Trinajstić information content (AvgIpc) is 3.48. The first-order valence-electron chi connectivity index (χ1n) is 11.5. The van der Waals surface area contributed by atoms with Crippen LogP contribution in [0.4, 0.5) is 24.7 Å². The summed E-state index contributed by atoms with van der Waals surface area (Å²) >= 11 is 0. The summed E-state index contributed by atoms with van der Waals surface area (Å²) in [6.07, 6.45) is -2.85. The molecule has 9 nitrogen and oxygen atoms in total. The Morgan fingerprint density at radius 3 is 2.66 bits per heavy atom. The van der Waals surface area contributed by atoms with Crippen LogP contribution < -0.4 is 19.5 Å². The lowest BCUT2D eigenvalue weighted by Crippen LogP contribution is -2.17. The number of alkyl halides is 3. The van der Waals surface area contributed by atoms with Crippen molar-refractivity contribution >= 4 is 17.5 Å². The molecule has 12 heteroatoms. The minimum absolute atomic E-state index is 0.0337. The monoisotopic (exact) mass is 526 g/mol. The second kappa shape index (κ2) is 9.61. The van der Waals surface area contributed by atoms with E-state index in [1.54, 1.807) is 29.1 Å². The molecule has 4 aromatic rings. The molecule has 0 spiro atoms. The predicted octanol–water partition coefficient (Wildman–Crippen LogP) is 5.87. The smallest absolute Gasteiger partial charge is 0.478 e. The number of aromatic carboxylic acids is 1. The highest BCUT2D eigenvalue weighted by Crippen LogP contribution is 2.42. The number of aryl methyl sites for hydroxylation is 2. The highest BCUT2D eigenvalue weighted by atomic mass is 19.4. The van der Waals surface area contributed by atoms with Crippen LogP contribution in [0.15, 0.2) is 54.7 Å². The Balaban J connectivity index is 1.70. The van der Waals surface area contributed by atoms with Crippen LogP contribution in [-0.2, 0) is 6.42 Å². The molecule has 196 valence electrons. The molecule has 0 saturated heterocycles. The van der Waals surface area contributed by atoms with Crippen LogP contribution >= 0.6 is 0 Å². The third-order valence-corrected chi connectivity index (χ3v) is 5.84. The molecule has 1 aliphatic heterocycles. The van der Waals surface area contributed by atoms with E-state index in [1.807, 2.05) is 26.0 Å². The average molecular weight is 526 g/mol. The van der Waals surface area contributed by atoms with Gasteiger partial charge < -0.3 is 24.6 Å². The highest BCUT2D eigenvalue weighted by molar-refractivity contribution is 5.96. The number of rotatable bonds is 7. The lowest BCUT2D eigenvalue weighted by atomic mass is 10.0. The number of halogens is 3. The molecule has 0 atom stereocenters. The van der Waals surface area contributed by atoms with Crippen LogP contribution in [0.25, 0.3) is 16.9 Å². The molecule has 2 aromatic carbocycles. The molecule has 0 bridgehead atoms. The number of pyridine rings is 1. The van der Waals surface area contributed by atoms with Gasteiger partial charge >= 0.3 is 12.3 Å². The first kappa shape index (κ1) is 24.9. The summed E-state index contributed by atoms with van der Waals surface area (Å²) in [7, 11) is 0. The van der Waals surface area contributed by atoms with Crippen molar-refractivity contribution in [2.24, 2.45) is 0 Å². The quantitative estimate of drug-likeness (QED) is 0.308. The molecular formula is C26H21F3N4O5. The Hall–Kier alpha value is -4.74. The van der Waals surface area contributed by atoms with Gasteiger partial charge in [0.15, 0.2) is 17.3 Å². The molecule has 0 amide bonds. The minimum atomic E-state index is -4.97. The number of fused-ring (bicyclic) bond motifs is 1. The number of carbonyl (C=O) groups is 1. The normalized spacial score (nSPS) is 12.4. The van der Waals surface area contributed by atoms with Gasteiger partial charge in [-0.15, -0.1) is 13.2 Å². The van der Waals surface area contributed by atoms with E-state index in [9.17, 15) is 23.1 Å². The van der Waals surface area contributed by atoms with E-state index in [0.29, 0.717) is 46.4 Å². The fourth-order valence-corrected chi connectivity index (χ4v) is 4.17. The van der Waals surface area contributed by atoms with Crippen LogP contribution in [0.1, 0.15) is 28.5 Å². The fourth-order valence-electron chi connectivity index (χ4n) is 4.17. The predicted molar refractivity (Wildman–Crippen MR) is 130 cm³/mol. The SMILES string of the molecule is CCc1nn(-c2ncccc2C)c(Nc2ccc(OC(F)(F)F)cc2C(=O)O)c1-c1ccc2c(c1)OCO2. The zero-order chi connectivity index (χ0) is 27.0. The van der Waals surface area contributed by atoms with Gasteiger partial charge in [-0.3, -0.25) is 0 Å². The van der Waals surface area contributed by atoms with Gasteiger partial charge in [0, 0.05) is 11.8 Å². The van der Waals surface area contributed by atoms with E-state index < -0.39 is 23.6 Å². The fraction of sp³-hybridized carbons (Fsp3) is 0.192. The number of anilines is 2. The van der Waals surface area contributed by atoms with Crippen LogP contribution in [0, 0.1) is 6.92 Å². The van der Waals surface area contributed by atoms with Crippen molar-refractivity contribution in [3.05, 3.63) is 71.5 Å². The number of benzene rings is 2. The summed E-state index contributed by atoms with van der Waals surface area (Å²) in [6.45, 7) is 3.86. The summed E-state index contributed by atoms with van der Waals surface area (Å²) < 4.78 is 54.7. The van der Waals surface area contributed by atoms with Crippen molar-refractivity contribution in [1.82, 2.24) is 14.8 Å². The third kappa shape index (κ3) is 4.80. The van der Waals surface area contributed by atoms with Gasteiger partial charge in [-0.2, -0.15) is 9.78 Å². The molecule has 0 unspecified atom stereocenters. The number of hydrogen-bond donors (Lipinski definition) is 2. The number of nitrogens with one attached hydrogen (secondary N) is 1. The van der Waals surface area contributed by atoms with Crippen molar-refractivity contribution in [1.29, 1.82) is 0 Å². The Morgan fingerprint density at radius 1 is 1.16 bits per heavy atom. The summed E-state index contributed by atoms with van der Waals surface area (Å²) in [5.41, 5.74) is 2.43. The van der Waals surface area contributed by atoms with Gasteiger partial charge in [0.25, 0.3) is 0 Å². The zero-order valence-electron chi connectivity index (χ0n) is 20.2. The molecule has 0 fully saturated rings. The van der Waals surface area contributed by atoms with E-state index in [-0.39, 0.29) is 12.5 Å². The van der Waals surface area contributed by atoms with Gasteiger partial charge in [-0.05, 0) is 60.9 Å². The van der Waals surface area contributed by atoms with E-state index in [1.165, 1.54) is 6.07 Å². The zero-order valence-corrected chi connectivity index (χ0v) is 20.2. The molecule has 2 aromatic heterocycles. The number of nitrogens with zero attached hydrogens (tertiary/aromatic N) is 3. The van der Waals surface area contributed by atoms with Crippen LogP contribution in [-0.4, -0.2) is 39.0 Å². The Kier molecular flexibility index (Phi) is 6.31. The molecule has 5 rings (SSSR count). The van der Waals surface area contributed by atoms with Gasteiger partial charge in [-0.1, -0.05) is 19.1 Å². The van der Waals surface area contributed by atoms with Crippen molar-refractivity contribution < 1.29 is 37.3 Å². The molecule has 38 heavy (non-hydrogen) atoms. The Labute approximate surface area is 214 Å². The molecule has 1 aliphatic rings. The largest absolute Gasteiger partial charge is 0.573 e. The molecule has 0 aliphatic carbocycles. The van der Waals surface area contributed by atoms with Crippen molar-refractivity contribution in [2.75, 3.05) is 12.1 Å². The second-order valence-electron chi connectivity index (χ2n) is 8.33. The van der Waals surface area contributed by atoms with Crippen molar-refractivity contribution in [2.45, 2.75) is 26.6 Å². The maximum absolute atomic E-state index is 12.8. The van der Waals surface area contributed by atoms with Gasteiger partial charge in [0.1, 0.15) is 11.6 Å². The molecular weight excluding hydrogens is 505 g/mol. The summed E-state index contributed by atoms with van der Waals surface area (Å²) in [5.74, 6) is -0.111. The standard InChI is InChI=1S/C26H21F3N4O5/c1-3-18-22(15-6-9-20-21(11-15)37-13-36-20)24(33(32-18)23-14(2)5-4-10-30-23)31-19-8-7-16(38-26(27,28)29)12-17(19)25(34)35/h4-12,31H,3,13H2,1-2H3,(H,34,35). The molecule has 0 radical (unpaired) electrons. The Morgan fingerprint density at radius 2 is 1.95 bits per heavy atom. The highest BCUT2D eigenvalue weighted by Gasteiger charge is 2.32. The first-order valence-corrected chi connectivity index (χ1v) is 11.5. The van der Waals surface area contributed by atoms with E-state index >= 15 is 0 Å². The molecule has 3 heterocycles. The maximum Gasteiger partial charge on any atom is 0.573 e. The van der Waals surface area contributed by atoms with Crippen LogP contribution in [0.2, 0.25) is 0 Å². The molecule has 0 saturated carbocycles. The van der Waals surface area contributed by atoms with E-state index in [2.05, 4.69) is 15.0 Å². The molecule has 2 N–H and O–H groups in total. The summed E-state index contributed by atoms with van der Waals surface area (Å²) in [4.78, 5) is 16.5. The number of hydrogen-bond acceptors (Lipinski definition) is 7. The Bertz CT molecular complexity index is 1530. The van der Waals surface area contributed by atoms with Crippen LogP contribution in [0.5, 0.6) is 17.2 Å². The summed E-state index contributed by atoms with van der Waals surface area (Å²) in [6, 6.07) is 12.1. The second-order valence-corrected chi connectivity index (χ2v) is 8.33. The number of carboxylic acid groups (broad SMARTS) is 1. The topological polar surface area (TPSA) is 108 Å². The van der Waals surface area contributed by atoms with Gasteiger partial charge in [0.05, 0.1) is 16.9 Å². The maximum atomic E-state index is 12.8. The van der Waals surface area contributed by atoms with Crippen molar-refractivity contribution in [3.63, 3.8) is 0 Å². The van der Waals surface area contributed by atoms with Crippen molar-refractivity contribution in [3.8, 4) is 34.2 Å². The third-order valence-electron chi connectivity index (χ3n) is 5.84. The van der Waals surface area contributed by atoms with Crippen LogP contribution in [0.3, 0.4) is 0 Å². The van der Waals surface area contributed by atoms with Gasteiger partial charge in [0.2, 0.25) is 6.79 Å². The number of aromatic nitrogens is 3. The summed E-state index contributed by atoms with van der Waals surface area (Å²) in [5, 5.41) is 17.7. The lowest BCUT2D eigenvalue weighted by molar-refractivity contribution is -0.274.